The summed E-state index contributed by atoms with van der Waals surface area (Å²) in [6, 6.07) is 13.9. The summed E-state index contributed by atoms with van der Waals surface area (Å²) in [5.41, 5.74) is 0.833. The number of likely N-dealkylation sites (tertiary alicyclic amines) is 1. The average molecular weight is 364 g/mol. The Morgan fingerprint density at radius 1 is 1.30 bits per heavy atom. The number of hydrogen-bond donors (Lipinski definition) is 1. The number of nitrogens with one attached hydrogen (secondary N) is 1. The third-order valence-electron chi connectivity index (χ3n) is 5.09. The molecule has 2 aromatic rings. The molecule has 6 nitrogen and oxygen atoms in total. The number of aromatic nitrogens is 2. The second-order valence-corrected chi connectivity index (χ2v) is 7.55. The standard InChI is InChI=1S/C21H24N4O2/c1-15(2)12-17-13-18(24-20(27)23-17)19(26)25-10-8-21(14-22,9-11-25)16-6-4-3-5-7-16/h3-7,13,15H,8-12H2,1-2H3,(H,23,24,27). The fourth-order valence-corrected chi connectivity index (χ4v) is 3.64. The molecule has 1 amide bonds. The lowest BCUT2D eigenvalue weighted by molar-refractivity contribution is 0.0685. The number of carbonyl (C=O) groups is 1. The van der Waals surface area contributed by atoms with Crippen LogP contribution in [0.4, 0.5) is 0 Å². The molecule has 140 valence electrons. The Bertz CT molecular complexity index is 904. The van der Waals surface area contributed by atoms with Crippen molar-refractivity contribution in [2.45, 2.75) is 38.5 Å². The number of nitriles is 1. The van der Waals surface area contributed by atoms with Gasteiger partial charge in [-0.3, -0.25) is 4.79 Å². The predicted octanol–water partition coefficient (Wildman–Crippen LogP) is 2.67. The van der Waals surface area contributed by atoms with Crippen molar-refractivity contribution in [1.82, 2.24) is 14.9 Å². The molecule has 3 rings (SSSR count). The quantitative estimate of drug-likeness (QED) is 0.903. The molecule has 0 saturated carbocycles. The van der Waals surface area contributed by atoms with Gasteiger partial charge in [-0.1, -0.05) is 44.2 Å². The van der Waals surface area contributed by atoms with Crippen molar-refractivity contribution >= 4 is 5.91 Å². The van der Waals surface area contributed by atoms with Gasteiger partial charge in [-0.15, -0.1) is 0 Å². The highest BCUT2D eigenvalue weighted by molar-refractivity contribution is 5.92. The molecule has 0 atom stereocenters. The molecular weight excluding hydrogens is 340 g/mol. The summed E-state index contributed by atoms with van der Waals surface area (Å²) in [5, 5.41) is 9.78. The van der Waals surface area contributed by atoms with Gasteiger partial charge in [0.25, 0.3) is 5.91 Å². The van der Waals surface area contributed by atoms with Crippen LogP contribution in [0.2, 0.25) is 0 Å². The molecule has 0 aliphatic carbocycles. The second-order valence-electron chi connectivity index (χ2n) is 7.55. The van der Waals surface area contributed by atoms with E-state index in [1.165, 1.54) is 0 Å². The molecule has 1 saturated heterocycles. The van der Waals surface area contributed by atoms with E-state index < -0.39 is 11.1 Å². The maximum absolute atomic E-state index is 12.9. The van der Waals surface area contributed by atoms with E-state index in [4.69, 9.17) is 0 Å². The van der Waals surface area contributed by atoms with Gasteiger partial charge >= 0.3 is 5.69 Å². The highest BCUT2D eigenvalue weighted by Gasteiger charge is 2.38. The summed E-state index contributed by atoms with van der Waals surface area (Å²) in [6.45, 7) is 5.04. The molecule has 6 heteroatoms. The number of piperidine rings is 1. The summed E-state index contributed by atoms with van der Waals surface area (Å²) in [4.78, 5) is 32.9. The van der Waals surface area contributed by atoms with Crippen molar-refractivity contribution in [3.8, 4) is 6.07 Å². The zero-order valence-corrected chi connectivity index (χ0v) is 15.7. The first-order valence-electron chi connectivity index (χ1n) is 9.30. The topological polar surface area (TPSA) is 89.8 Å². The van der Waals surface area contributed by atoms with Gasteiger partial charge in [0, 0.05) is 18.8 Å². The predicted molar refractivity (Wildman–Crippen MR) is 102 cm³/mol. The Kier molecular flexibility index (Phi) is 5.41. The lowest BCUT2D eigenvalue weighted by Crippen LogP contribution is -2.45. The van der Waals surface area contributed by atoms with Crippen LogP contribution in [0.15, 0.2) is 41.2 Å². The fourth-order valence-electron chi connectivity index (χ4n) is 3.64. The minimum absolute atomic E-state index is 0.179. The van der Waals surface area contributed by atoms with Gasteiger partial charge in [0.2, 0.25) is 0 Å². The number of nitrogens with zero attached hydrogens (tertiary/aromatic N) is 3. The van der Waals surface area contributed by atoms with Crippen molar-refractivity contribution in [1.29, 1.82) is 5.26 Å². The molecule has 2 heterocycles. The monoisotopic (exact) mass is 364 g/mol. The minimum Gasteiger partial charge on any atom is -0.337 e. The number of amides is 1. The molecule has 0 spiro atoms. The van der Waals surface area contributed by atoms with Crippen molar-refractivity contribution in [2.24, 2.45) is 5.92 Å². The van der Waals surface area contributed by atoms with Crippen molar-refractivity contribution in [2.75, 3.05) is 13.1 Å². The second kappa shape index (κ2) is 7.75. The maximum atomic E-state index is 12.9. The zero-order valence-electron chi connectivity index (χ0n) is 15.7. The van der Waals surface area contributed by atoms with Gasteiger partial charge in [0.05, 0.1) is 11.5 Å². The lowest BCUT2D eigenvalue weighted by Gasteiger charge is -2.37. The SMILES string of the molecule is CC(C)Cc1cc(C(=O)N2CCC(C#N)(c3ccccc3)CC2)nc(=O)[nH]1. The van der Waals surface area contributed by atoms with E-state index in [0.717, 1.165) is 11.3 Å². The summed E-state index contributed by atoms with van der Waals surface area (Å²) in [6.07, 6.45) is 1.83. The van der Waals surface area contributed by atoms with Crippen LogP contribution in [-0.4, -0.2) is 33.9 Å². The molecule has 0 bridgehead atoms. The maximum Gasteiger partial charge on any atom is 0.345 e. The summed E-state index contributed by atoms with van der Waals surface area (Å²) < 4.78 is 0. The summed E-state index contributed by atoms with van der Waals surface area (Å²) in [7, 11) is 0. The first kappa shape index (κ1) is 18.8. The van der Waals surface area contributed by atoms with E-state index >= 15 is 0 Å². The van der Waals surface area contributed by atoms with E-state index in [2.05, 4.69) is 29.9 Å². The Hall–Kier alpha value is -2.94. The molecule has 1 aromatic heterocycles. The number of benzene rings is 1. The molecule has 0 radical (unpaired) electrons. The van der Waals surface area contributed by atoms with Crippen LogP contribution in [0.3, 0.4) is 0 Å². The molecular formula is C21H24N4O2. The van der Waals surface area contributed by atoms with Crippen molar-refractivity contribution in [3.05, 3.63) is 63.8 Å². The minimum atomic E-state index is -0.567. The largest absolute Gasteiger partial charge is 0.345 e. The first-order chi connectivity index (χ1) is 12.9. The van der Waals surface area contributed by atoms with E-state index in [9.17, 15) is 14.9 Å². The van der Waals surface area contributed by atoms with E-state index in [1.807, 2.05) is 30.3 Å². The molecule has 1 N–H and O–H groups in total. The van der Waals surface area contributed by atoms with Crippen LogP contribution >= 0.6 is 0 Å². The first-order valence-corrected chi connectivity index (χ1v) is 9.30. The lowest BCUT2D eigenvalue weighted by atomic mass is 9.74. The molecule has 1 fully saturated rings. The molecule has 27 heavy (non-hydrogen) atoms. The van der Waals surface area contributed by atoms with Crippen LogP contribution in [0.1, 0.15) is 48.4 Å². The molecule has 0 unspecified atom stereocenters. The van der Waals surface area contributed by atoms with Gasteiger partial charge in [-0.2, -0.15) is 10.2 Å². The Balaban J connectivity index is 1.76. The number of H-pyrrole nitrogens is 1. The smallest absolute Gasteiger partial charge is 0.337 e. The summed E-state index contributed by atoms with van der Waals surface area (Å²) in [5.74, 6) is 0.119. The van der Waals surface area contributed by atoms with E-state index in [-0.39, 0.29) is 11.6 Å². The number of hydrogen-bond acceptors (Lipinski definition) is 4. The zero-order chi connectivity index (χ0) is 19.4. The van der Waals surface area contributed by atoms with Crippen molar-refractivity contribution < 1.29 is 4.79 Å². The van der Waals surface area contributed by atoms with E-state index in [0.29, 0.717) is 38.3 Å². The highest BCUT2D eigenvalue weighted by atomic mass is 16.2. The average Bonchev–Trinajstić information content (AvgIpc) is 2.67. The van der Waals surface area contributed by atoms with E-state index in [1.54, 1.807) is 11.0 Å². The molecule has 1 aliphatic heterocycles. The van der Waals surface area contributed by atoms with Crippen LogP contribution in [0.5, 0.6) is 0 Å². The van der Waals surface area contributed by atoms with Crippen molar-refractivity contribution in [3.63, 3.8) is 0 Å². The van der Waals surface area contributed by atoms with Gasteiger partial charge < -0.3 is 9.88 Å². The summed E-state index contributed by atoms with van der Waals surface area (Å²) >= 11 is 0. The van der Waals surface area contributed by atoms with Gasteiger partial charge in [0.1, 0.15) is 5.69 Å². The van der Waals surface area contributed by atoms with Crippen LogP contribution in [0, 0.1) is 17.2 Å². The molecule has 1 aliphatic rings. The molecule has 1 aromatic carbocycles. The number of aromatic amines is 1. The Morgan fingerprint density at radius 3 is 2.56 bits per heavy atom. The third kappa shape index (κ3) is 4.08. The van der Waals surface area contributed by atoms with Gasteiger partial charge in [-0.25, -0.2) is 4.79 Å². The normalized spacial score (nSPS) is 16.1. The number of carbonyl (C=O) groups excluding carboxylic acids is 1. The van der Waals surface area contributed by atoms with Crippen LogP contribution in [-0.2, 0) is 11.8 Å². The highest BCUT2D eigenvalue weighted by Crippen LogP contribution is 2.35. The van der Waals surface area contributed by atoms with Crippen LogP contribution in [0.25, 0.3) is 0 Å². The van der Waals surface area contributed by atoms with Gasteiger partial charge in [0.15, 0.2) is 0 Å². The van der Waals surface area contributed by atoms with Crippen LogP contribution < -0.4 is 5.69 Å². The third-order valence-corrected chi connectivity index (χ3v) is 5.09. The fraction of sp³-hybridized carbons (Fsp3) is 0.429. The Labute approximate surface area is 158 Å². The number of rotatable bonds is 4. The van der Waals surface area contributed by atoms with Gasteiger partial charge in [-0.05, 0) is 36.8 Å². The Morgan fingerprint density at radius 2 is 1.96 bits per heavy atom.